The Labute approximate surface area is 154 Å². The monoisotopic (exact) mass is 416 g/mol. The summed E-state index contributed by atoms with van der Waals surface area (Å²) in [5.41, 5.74) is 0. The van der Waals surface area contributed by atoms with Crippen LogP contribution in [0.15, 0.2) is 22.7 Å². The number of rotatable bonds is 5. The van der Waals surface area contributed by atoms with Crippen molar-refractivity contribution in [2.24, 2.45) is 0 Å². The van der Waals surface area contributed by atoms with Gasteiger partial charge in [0, 0.05) is 19.1 Å². The second kappa shape index (κ2) is 9.03. The molecular formula is C17H22BrFN2O4. The molecule has 138 valence electrons. The molecule has 2 amide bonds. The number of likely N-dealkylation sites (tertiary alicyclic amines) is 1. The first-order chi connectivity index (χ1) is 11.9. The normalized spacial score (nSPS) is 16.2. The van der Waals surface area contributed by atoms with Gasteiger partial charge in [-0.1, -0.05) is 0 Å². The van der Waals surface area contributed by atoms with Gasteiger partial charge in [-0.15, -0.1) is 0 Å². The van der Waals surface area contributed by atoms with Crippen LogP contribution in [0.4, 0.5) is 9.18 Å². The number of carbonyl (C=O) groups excluding carboxylic acids is 2. The highest BCUT2D eigenvalue weighted by atomic mass is 79.9. The second-order valence-corrected chi connectivity index (χ2v) is 6.66. The van der Waals surface area contributed by atoms with Gasteiger partial charge in [0.2, 0.25) is 0 Å². The second-order valence-electron chi connectivity index (χ2n) is 5.80. The van der Waals surface area contributed by atoms with Crippen LogP contribution in [0.5, 0.6) is 5.75 Å². The molecule has 25 heavy (non-hydrogen) atoms. The minimum Gasteiger partial charge on any atom is -0.480 e. The van der Waals surface area contributed by atoms with Crippen LogP contribution in [0.1, 0.15) is 26.7 Å². The maximum Gasteiger partial charge on any atom is 0.409 e. The van der Waals surface area contributed by atoms with E-state index in [0.717, 1.165) is 0 Å². The lowest BCUT2D eigenvalue weighted by atomic mass is 10.1. The molecule has 6 nitrogen and oxygen atoms in total. The van der Waals surface area contributed by atoms with E-state index in [1.807, 2.05) is 0 Å². The zero-order chi connectivity index (χ0) is 18.4. The Kier molecular flexibility index (Phi) is 7.04. The zero-order valence-corrected chi connectivity index (χ0v) is 15.8. The van der Waals surface area contributed by atoms with Crippen LogP contribution in [0.25, 0.3) is 0 Å². The molecule has 0 aromatic heterocycles. The standard InChI is InChI=1S/C17H22BrFN2O4/c1-3-24-17(23)21-8-6-13(7-9-21)20-16(22)11(2)25-15-5-4-12(19)10-14(15)18/h4-5,10-11,13H,3,6-9H2,1-2H3,(H,20,22). The Bertz CT molecular complexity index is 621. The number of nitrogens with zero attached hydrogens (tertiary/aromatic N) is 1. The van der Waals surface area contributed by atoms with Gasteiger partial charge in [0.15, 0.2) is 6.10 Å². The van der Waals surface area contributed by atoms with E-state index in [-0.39, 0.29) is 23.9 Å². The number of halogens is 2. The summed E-state index contributed by atoms with van der Waals surface area (Å²) in [6.45, 7) is 4.85. The average Bonchev–Trinajstić information content (AvgIpc) is 2.58. The summed E-state index contributed by atoms with van der Waals surface area (Å²) in [6.07, 6.45) is 0.296. The van der Waals surface area contributed by atoms with Crippen molar-refractivity contribution in [3.63, 3.8) is 0 Å². The summed E-state index contributed by atoms with van der Waals surface area (Å²) in [7, 11) is 0. The Hall–Kier alpha value is -1.83. The van der Waals surface area contributed by atoms with E-state index in [1.165, 1.54) is 18.2 Å². The number of carbonyl (C=O) groups is 2. The fourth-order valence-corrected chi connectivity index (χ4v) is 3.00. The average molecular weight is 417 g/mol. The van der Waals surface area contributed by atoms with Crippen LogP contribution < -0.4 is 10.1 Å². The highest BCUT2D eigenvalue weighted by molar-refractivity contribution is 9.10. The maximum atomic E-state index is 13.1. The molecule has 1 saturated heterocycles. The summed E-state index contributed by atoms with van der Waals surface area (Å²) in [4.78, 5) is 25.6. The molecule has 1 aromatic rings. The third-order valence-electron chi connectivity index (χ3n) is 3.93. The molecule has 8 heteroatoms. The third-order valence-corrected chi connectivity index (χ3v) is 4.55. The van der Waals surface area contributed by atoms with Crippen molar-refractivity contribution in [2.45, 2.75) is 38.8 Å². The molecular weight excluding hydrogens is 395 g/mol. The lowest BCUT2D eigenvalue weighted by Crippen LogP contribution is -2.49. The lowest BCUT2D eigenvalue weighted by molar-refractivity contribution is -0.128. The molecule has 1 aliphatic rings. The first-order valence-corrected chi connectivity index (χ1v) is 9.03. The van der Waals surface area contributed by atoms with E-state index in [0.29, 0.717) is 42.8 Å². The van der Waals surface area contributed by atoms with Gasteiger partial charge >= 0.3 is 6.09 Å². The van der Waals surface area contributed by atoms with Crippen molar-refractivity contribution >= 4 is 27.9 Å². The Morgan fingerprint density at radius 2 is 2.08 bits per heavy atom. The Balaban J connectivity index is 1.81. The molecule has 1 atom stereocenters. The van der Waals surface area contributed by atoms with Crippen LogP contribution in [0.2, 0.25) is 0 Å². The molecule has 0 radical (unpaired) electrons. The topological polar surface area (TPSA) is 67.9 Å². The van der Waals surface area contributed by atoms with E-state index in [4.69, 9.17) is 9.47 Å². The van der Waals surface area contributed by atoms with Gasteiger partial charge in [0.1, 0.15) is 11.6 Å². The number of hydrogen-bond donors (Lipinski definition) is 1. The molecule has 1 heterocycles. The maximum absolute atomic E-state index is 13.1. The minimum atomic E-state index is -0.718. The molecule has 0 aliphatic carbocycles. The first kappa shape index (κ1) is 19.5. The van der Waals surface area contributed by atoms with Gasteiger partial charge in [-0.25, -0.2) is 9.18 Å². The molecule has 1 N–H and O–H groups in total. The van der Waals surface area contributed by atoms with Crippen molar-refractivity contribution in [1.82, 2.24) is 10.2 Å². The first-order valence-electron chi connectivity index (χ1n) is 8.24. The van der Waals surface area contributed by atoms with E-state index in [2.05, 4.69) is 21.2 Å². The predicted molar refractivity (Wildman–Crippen MR) is 93.9 cm³/mol. The molecule has 0 spiro atoms. The number of amides is 2. The van der Waals surface area contributed by atoms with Gasteiger partial charge in [-0.2, -0.15) is 0 Å². The number of benzene rings is 1. The minimum absolute atomic E-state index is 0.0131. The zero-order valence-electron chi connectivity index (χ0n) is 14.3. The van der Waals surface area contributed by atoms with Crippen LogP contribution in [0.3, 0.4) is 0 Å². The van der Waals surface area contributed by atoms with Crippen LogP contribution in [-0.4, -0.2) is 48.7 Å². The molecule has 1 unspecified atom stereocenters. The smallest absolute Gasteiger partial charge is 0.409 e. The lowest BCUT2D eigenvalue weighted by Gasteiger charge is -2.32. The van der Waals surface area contributed by atoms with Gasteiger partial charge in [-0.3, -0.25) is 4.79 Å². The van der Waals surface area contributed by atoms with Gasteiger partial charge in [-0.05, 0) is 60.8 Å². The molecule has 2 rings (SSSR count). The van der Waals surface area contributed by atoms with E-state index in [1.54, 1.807) is 18.7 Å². The SMILES string of the molecule is CCOC(=O)N1CCC(NC(=O)C(C)Oc2ccc(F)cc2Br)CC1. The number of ether oxygens (including phenoxy) is 2. The molecule has 1 fully saturated rings. The largest absolute Gasteiger partial charge is 0.480 e. The highest BCUT2D eigenvalue weighted by Gasteiger charge is 2.26. The molecule has 1 aromatic carbocycles. The molecule has 0 saturated carbocycles. The Morgan fingerprint density at radius 3 is 2.68 bits per heavy atom. The van der Waals surface area contributed by atoms with Crippen LogP contribution >= 0.6 is 15.9 Å². The van der Waals surface area contributed by atoms with Gasteiger partial charge in [0.25, 0.3) is 5.91 Å². The number of hydrogen-bond acceptors (Lipinski definition) is 4. The summed E-state index contributed by atoms with van der Waals surface area (Å²) >= 11 is 3.21. The summed E-state index contributed by atoms with van der Waals surface area (Å²) in [6, 6.07) is 4.02. The van der Waals surface area contributed by atoms with Gasteiger partial charge in [0.05, 0.1) is 11.1 Å². The van der Waals surface area contributed by atoms with Crippen molar-refractivity contribution in [1.29, 1.82) is 0 Å². The molecule has 1 aliphatic heterocycles. The quantitative estimate of drug-likeness (QED) is 0.800. The van der Waals surface area contributed by atoms with Crippen molar-refractivity contribution < 1.29 is 23.5 Å². The predicted octanol–water partition coefficient (Wildman–Crippen LogP) is 3.09. The van der Waals surface area contributed by atoms with Crippen LogP contribution in [-0.2, 0) is 9.53 Å². The van der Waals surface area contributed by atoms with Gasteiger partial charge < -0.3 is 19.7 Å². The number of nitrogens with one attached hydrogen (secondary N) is 1. The summed E-state index contributed by atoms with van der Waals surface area (Å²) < 4.78 is 24.1. The summed E-state index contributed by atoms with van der Waals surface area (Å²) in [5, 5.41) is 2.93. The molecule has 0 bridgehead atoms. The van der Waals surface area contributed by atoms with E-state index >= 15 is 0 Å². The van der Waals surface area contributed by atoms with Crippen molar-refractivity contribution in [3.05, 3.63) is 28.5 Å². The van der Waals surface area contributed by atoms with Crippen molar-refractivity contribution in [2.75, 3.05) is 19.7 Å². The fraction of sp³-hybridized carbons (Fsp3) is 0.529. The fourth-order valence-electron chi connectivity index (χ4n) is 2.55. The Morgan fingerprint density at radius 1 is 1.40 bits per heavy atom. The van der Waals surface area contributed by atoms with E-state index < -0.39 is 6.10 Å². The highest BCUT2D eigenvalue weighted by Crippen LogP contribution is 2.26. The van der Waals surface area contributed by atoms with Crippen molar-refractivity contribution in [3.8, 4) is 5.75 Å². The summed E-state index contributed by atoms with van der Waals surface area (Å²) in [5.74, 6) is -0.225. The number of piperidine rings is 1. The third kappa shape index (κ3) is 5.59. The van der Waals surface area contributed by atoms with Crippen LogP contribution in [0, 0.1) is 5.82 Å². The van der Waals surface area contributed by atoms with E-state index in [9.17, 15) is 14.0 Å².